The summed E-state index contributed by atoms with van der Waals surface area (Å²) in [5, 5.41) is 0. The van der Waals surface area contributed by atoms with Gasteiger partial charge in [-0.2, -0.15) is 0 Å². The van der Waals surface area contributed by atoms with E-state index in [2.05, 4.69) is 20.8 Å². The fourth-order valence-corrected chi connectivity index (χ4v) is 2.17. The predicted molar refractivity (Wildman–Crippen MR) is 87.1 cm³/mol. The van der Waals surface area contributed by atoms with E-state index in [0.717, 1.165) is 11.6 Å². The molecule has 0 fully saturated rings. The van der Waals surface area contributed by atoms with Crippen LogP contribution in [-0.4, -0.2) is 7.11 Å². The van der Waals surface area contributed by atoms with Crippen molar-refractivity contribution < 1.29 is 13.5 Å². The molecule has 22 heavy (non-hydrogen) atoms. The third kappa shape index (κ3) is 3.73. The first kappa shape index (κ1) is 16.2. The molecule has 2 aromatic rings. The van der Waals surface area contributed by atoms with Crippen molar-refractivity contribution in [2.45, 2.75) is 26.2 Å². The minimum Gasteiger partial charge on any atom is -0.496 e. The van der Waals surface area contributed by atoms with Crippen LogP contribution in [0.15, 0.2) is 42.5 Å². The fourth-order valence-electron chi connectivity index (χ4n) is 2.17. The molecule has 0 aliphatic rings. The van der Waals surface area contributed by atoms with Crippen LogP contribution in [0, 0.1) is 5.82 Å². The van der Waals surface area contributed by atoms with Crippen LogP contribution < -0.4 is 4.74 Å². The summed E-state index contributed by atoms with van der Waals surface area (Å²) in [7, 11) is 1.43. The molecule has 0 atom stereocenters. The Morgan fingerprint density at radius 1 is 1.05 bits per heavy atom. The van der Waals surface area contributed by atoms with E-state index in [1.54, 1.807) is 0 Å². The number of rotatable bonds is 3. The van der Waals surface area contributed by atoms with Gasteiger partial charge in [-0.05, 0) is 40.8 Å². The van der Waals surface area contributed by atoms with E-state index >= 15 is 0 Å². The second-order valence-electron chi connectivity index (χ2n) is 6.21. The lowest BCUT2D eigenvalue weighted by molar-refractivity contribution is 0.411. The predicted octanol–water partition coefficient (Wildman–Crippen LogP) is 5.60. The topological polar surface area (TPSA) is 9.23 Å². The van der Waals surface area contributed by atoms with Gasteiger partial charge in [0.25, 0.3) is 0 Å². The summed E-state index contributed by atoms with van der Waals surface area (Å²) < 4.78 is 32.8. The maximum atomic E-state index is 14.4. The van der Waals surface area contributed by atoms with Gasteiger partial charge in [0.2, 0.25) is 0 Å². The van der Waals surface area contributed by atoms with Gasteiger partial charge in [-0.1, -0.05) is 45.0 Å². The smallest absolute Gasteiger partial charge is 0.134 e. The minimum atomic E-state index is -0.528. The summed E-state index contributed by atoms with van der Waals surface area (Å²) in [5.41, 5.74) is 2.06. The number of benzene rings is 2. The van der Waals surface area contributed by atoms with E-state index in [9.17, 15) is 8.78 Å². The lowest BCUT2D eigenvalue weighted by atomic mass is 9.86. The van der Waals surface area contributed by atoms with E-state index in [4.69, 9.17) is 4.74 Å². The molecule has 0 bridgehead atoms. The Hall–Kier alpha value is -2.16. The molecule has 0 N–H and O–H groups in total. The summed E-state index contributed by atoms with van der Waals surface area (Å²) in [6.45, 7) is 6.36. The molecule has 2 aromatic carbocycles. The monoisotopic (exact) mass is 302 g/mol. The first-order valence-electron chi connectivity index (χ1n) is 7.13. The first-order valence-corrected chi connectivity index (χ1v) is 7.13. The van der Waals surface area contributed by atoms with Gasteiger partial charge in [-0.15, -0.1) is 0 Å². The van der Waals surface area contributed by atoms with Crippen molar-refractivity contribution in [3.8, 4) is 5.75 Å². The van der Waals surface area contributed by atoms with E-state index in [0.29, 0.717) is 5.75 Å². The molecule has 0 saturated carbocycles. The van der Waals surface area contributed by atoms with Crippen molar-refractivity contribution >= 4 is 11.9 Å². The van der Waals surface area contributed by atoms with Crippen molar-refractivity contribution in [3.05, 3.63) is 65.0 Å². The van der Waals surface area contributed by atoms with E-state index in [1.165, 1.54) is 30.9 Å². The third-order valence-corrected chi connectivity index (χ3v) is 3.49. The molecule has 0 aliphatic carbocycles. The first-order chi connectivity index (χ1) is 10.3. The van der Waals surface area contributed by atoms with Gasteiger partial charge in [-0.3, -0.25) is 0 Å². The van der Waals surface area contributed by atoms with Crippen molar-refractivity contribution in [2.24, 2.45) is 0 Å². The van der Waals surface area contributed by atoms with Gasteiger partial charge in [0.1, 0.15) is 17.4 Å². The normalized spacial score (nSPS) is 12.4. The van der Waals surface area contributed by atoms with E-state index < -0.39 is 11.6 Å². The zero-order chi connectivity index (χ0) is 16.3. The third-order valence-electron chi connectivity index (χ3n) is 3.49. The van der Waals surface area contributed by atoms with Gasteiger partial charge >= 0.3 is 0 Å². The van der Waals surface area contributed by atoms with Gasteiger partial charge in [0.15, 0.2) is 0 Å². The van der Waals surface area contributed by atoms with Crippen LogP contribution in [0.3, 0.4) is 0 Å². The largest absolute Gasteiger partial charge is 0.496 e. The Morgan fingerprint density at radius 3 is 2.23 bits per heavy atom. The number of methoxy groups -OCH3 is 1. The van der Waals surface area contributed by atoms with E-state index in [-0.39, 0.29) is 11.0 Å². The molecule has 0 aliphatic heterocycles. The zero-order valence-corrected chi connectivity index (χ0v) is 13.3. The van der Waals surface area contributed by atoms with Crippen LogP contribution in [0.25, 0.3) is 11.9 Å². The highest BCUT2D eigenvalue weighted by atomic mass is 19.1. The van der Waals surface area contributed by atoms with Crippen LogP contribution >= 0.6 is 0 Å². The number of hydrogen-bond donors (Lipinski definition) is 0. The molecule has 3 heteroatoms. The van der Waals surface area contributed by atoms with Crippen molar-refractivity contribution in [1.82, 2.24) is 0 Å². The quantitative estimate of drug-likeness (QED) is 0.671. The molecule has 2 rings (SSSR count). The number of hydrogen-bond acceptors (Lipinski definition) is 1. The Labute approximate surface area is 130 Å². The molecule has 0 heterocycles. The van der Waals surface area contributed by atoms with Crippen LogP contribution in [0.2, 0.25) is 0 Å². The van der Waals surface area contributed by atoms with Crippen molar-refractivity contribution in [3.63, 3.8) is 0 Å². The molecule has 0 radical (unpaired) electrons. The SMILES string of the molecule is COc1ccc(F)cc1/C(F)=C/c1ccc(C(C)(C)C)cc1. The minimum absolute atomic E-state index is 0.0482. The maximum Gasteiger partial charge on any atom is 0.134 e. The molecular formula is C19H20F2O. The van der Waals surface area contributed by atoms with E-state index in [1.807, 2.05) is 24.3 Å². The fraction of sp³-hybridized carbons (Fsp3) is 0.263. The standard InChI is InChI=1S/C19H20F2O/c1-19(2,3)14-7-5-13(6-8-14)11-17(21)16-12-15(20)9-10-18(16)22-4/h5-12H,1-4H3/b17-11-. The van der Waals surface area contributed by atoms with Crippen molar-refractivity contribution in [1.29, 1.82) is 0 Å². The molecule has 0 amide bonds. The number of halogens is 2. The highest BCUT2D eigenvalue weighted by molar-refractivity contribution is 5.79. The summed E-state index contributed by atoms with van der Waals surface area (Å²) in [6.07, 6.45) is 1.38. The average Bonchev–Trinajstić information content (AvgIpc) is 2.46. The second kappa shape index (κ2) is 6.30. The Bertz CT molecular complexity index is 680. The lowest BCUT2D eigenvalue weighted by Crippen LogP contribution is -2.10. The van der Waals surface area contributed by atoms with Crippen LogP contribution in [0.1, 0.15) is 37.5 Å². The lowest BCUT2D eigenvalue weighted by Gasteiger charge is -2.18. The molecule has 0 spiro atoms. The zero-order valence-electron chi connectivity index (χ0n) is 13.3. The van der Waals surface area contributed by atoms with Gasteiger partial charge in [-0.25, -0.2) is 8.78 Å². The average molecular weight is 302 g/mol. The summed E-state index contributed by atoms with van der Waals surface area (Å²) in [4.78, 5) is 0. The van der Waals surface area contributed by atoms with Gasteiger partial charge in [0.05, 0.1) is 12.7 Å². The molecular weight excluding hydrogens is 282 g/mol. The Morgan fingerprint density at radius 2 is 1.68 bits per heavy atom. The van der Waals surface area contributed by atoms with Gasteiger partial charge < -0.3 is 4.74 Å². The Kier molecular flexibility index (Phi) is 4.65. The summed E-state index contributed by atoms with van der Waals surface area (Å²) in [6, 6.07) is 11.4. The second-order valence-corrected chi connectivity index (χ2v) is 6.21. The molecule has 0 aromatic heterocycles. The van der Waals surface area contributed by atoms with Crippen molar-refractivity contribution in [2.75, 3.05) is 7.11 Å². The summed E-state index contributed by atoms with van der Waals surface area (Å²) in [5.74, 6) is -0.719. The Balaban J connectivity index is 2.35. The molecule has 0 unspecified atom stereocenters. The molecule has 0 saturated heterocycles. The van der Waals surface area contributed by atoms with Crippen LogP contribution in [0.5, 0.6) is 5.75 Å². The molecule has 1 nitrogen and oxygen atoms in total. The van der Waals surface area contributed by atoms with Crippen LogP contribution in [0.4, 0.5) is 8.78 Å². The summed E-state index contributed by atoms with van der Waals surface area (Å²) >= 11 is 0. The van der Waals surface area contributed by atoms with Crippen LogP contribution in [-0.2, 0) is 5.41 Å². The van der Waals surface area contributed by atoms with Gasteiger partial charge in [0, 0.05) is 0 Å². The molecule has 116 valence electrons. The highest BCUT2D eigenvalue weighted by Crippen LogP contribution is 2.30. The highest BCUT2D eigenvalue weighted by Gasteiger charge is 2.13. The maximum absolute atomic E-state index is 14.4. The number of ether oxygens (including phenoxy) is 1.